The highest BCUT2D eigenvalue weighted by Gasteiger charge is 2.27. The van der Waals surface area contributed by atoms with Gasteiger partial charge in [-0.3, -0.25) is 4.79 Å². The van der Waals surface area contributed by atoms with Crippen LogP contribution in [0.5, 0.6) is 0 Å². The summed E-state index contributed by atoms with van der Waals surface area (Å²) in [4.78, 5) is 26.1. The lowest BCUT2D eigenvalue weighted by Gasteiger charge is -2.33. The van der Waals surface area contributed by atoms with Crippen LogP contribution >= 0.6 is 0 Å². The zero-order chi connectivity index (χ0) is 17.5. The van der Waals surface area contributed by atoms with Crippen LogP contribution in [-0.4, -0.2) is 48.6 Å². The number of likely N-dealkylation sites (tertiary alicyclic amines) is 1. The van der Waals surface area contributed by atoms with Crippen molar-refractivity contribution in [2.24, 2.45) is 0 Å². The van der Waals surface area contributed by atoms with Crippen molar-refractivity contribution >= 4 is 11.9 Å². The number of carbonyl (C=O) groups is 2. The van der Waals surface area contributed by atoms with Crippen LogP contribution in [0.15, 0.2) is 30.3 Å². The molecule has 0 unspecified atom stereocenters. The summed E-state index contributed by atoms with van der Waals surface area (Å²) in [5, 5.41) is 5.74. The Morgan fingerprint density at radius 1 is 1.16 bits per heavy atom. The minimum Gasteiger partial charge on any atom is -0.373 e. The van der Waals surface area contributed by atoms with Gasteiger partial charge in [-0.1, -0.05) is 30.3 Å². The molecule has 2 aliphatic heterocycles. The highest BCUT2D eigenvalue weighted by atomic mass is 16.5. The van der Waals surface area contributed by atoms with Crippen LogP contribution in [0, 0.1) is 0 Å². The average molecular weight is 345 g/mol. The molecule has 6 nitrogen and oxygen atoms in total. The standard InChI is InChI=1S/C19H27N3O3/c23-18-17(8-4-5-11-20-18)21-19(24)22-12-9-16(10-13-22)25-14-15-6-2-1-3-7-15/h1-3,6-7,16-17H,4-5,8-14H2,(H,20,23)(H,21,24)/t17-/m1/s1. The Morgan fingerprint density at radius 3 is 2.68 bits per heavy atom. The van der Waals surface area contributed by atoms with Gasteiger partial charge in [-0.2, -0.15) is 0 Å². The molecular formula is C19H27N3O3. The second-order valence-corrected chi connectivity index (χ2v) is 6.77. The van der Waals surface area contributed by atoms with E-state index in [4.69, 9.17) is 4.74 Å². The van der Waals surface area contributed by atoms with Gasteiger partial charge in [0.05, 0.1) is 12.7 Å². The molecule has 2 heterocycles. The number of rotatable bonds is 4. The van der Waals surface area contributed by atoms with Gasteiger partial charge in [-0.25, -0.2) is 4.79 Å². The lowest BCUT2D eigenvalue weighted by molar-refractivity contribution is -0.122. The Morgan fingerprint density at radius 2 is 1.92 bits per heavy atom. The van der Waals surface area contributed by atoms with Crippen molar-refractivity contribution in [3.05, 3.63) is 35.9 Å². The second-order valence-electron chi connectivity index (χ2n) is 6.77. The predicted molar refractivity (Wildman–Crippen MR) is 95.0 cm³/mol. The van der Waals surface area contributed by atoms with Crippen LogP contribution < -0.4 is 10.6 Å². The van der Waals surface area contributed by atoms with Crippen molar-refractivity contribution in [2.75, 3.05) is 19.6 Å². The molecule has 0 aliphatic carbocycles. The molecule has 1 aromatic carbocycles. The topological polar surface area (TPSA) is 70.7 Å². The Labute approximate surface area is 148 Å². The predicted octanol–water partition coefficient (Wildman–Crippen LogP) is 2.05. The van der Waals surface area contributed by atoms with Gasteiger partial charge >= 0.3 is 6.03 Å². The van der Waals surface area contributed by atoms with Crippen LogP contribution in [0.1, 0.15) is 37.7 Å². The molecule has 0 spiro atoms. The molecule has 6 heteroatoms. The van der Waals surface area contributed by atoms with Gasteiger partial charge in [0.2, 0.25) is 5.91 Å². The second kappa shape index (κ2) is 8.85. The van der Waals surface area contributed by atoms with E-state index in [1.807, 2.05) is 18.2 Å². The van der Waals surface area contributed by atoms with Gasteiger partial charge in [0.1, 0.15) is 6.04 Å². The molecule has 25 heavy (non-hydrogen) atoms. The van der Waals surface area contributed by atoms with Crippen molar-refractivity contribution in [2.45, 2.75) is 50.9 Å². The molecule has 0 bridgehead atoms. The Kier molecular flexibility index (Phi) is 6.28. The van der Waals surface area contributed by atoms with Crippen LogP contribution in [0.4, 0.5) is 4.79 Å². The van der Waals surface area contributed by atoms with Gasteiger partial charge in [-0.15, -0.1) is 0 Å². The number of nitrogens with zero attached hydrogens (tertiary/aromatic N) is 1. The minimum atomic E-state index is -0.401. The van der Waals surface area contributed by atoms with Crippen LogP contribution in [0.3, 0.4) is 0 Å². The number of piperidine rings is 1. The molecule has 1 atom stereocenters. The highest BCUT2D eigenvalue weighted by molar-refractivity contribution is 5.87. The lowest BCUT2D eigenvalue weighted by atomic mass is 10.1. The van der Waals surface area contributed by atoms with E-state index in [1.165, 1.54) is 5.56 Å². The summed E-state index contributed by atoms with van der Waals surface area (Å²) in [7, 11) is 0. The summed E-state index contributed by atoms with van der Waals surface area (Å²) in [6, 6.07) is 9.59. The quantitative estimate of drug-likeness (QED) is 0.877. The van der Waals surface area contributed by atoms with Gasteiger partial charge < -0.3 is 20.3 Å². The molecule has 2 fully saturated rings. The fourth-order valence-electron chi connectivity index (χ4n) is 3.33. The zero-order valence-corrected chi connectivity index (χ0v) is 14.6. The largest absolute Gasteiger partial charge is 0.373 e. The maximum absolute atomic E-state index is 12.4. The fourth-order valence-corrected chi connectivity index (χ4v) is 3.33. The maximum Gasteiger partial charge on any atom is 0.318 e. The number of urea groups is 1. The summed E-state index contributed by atoms with van der Waals surface area (Å²) >= 11 is 0. The number of ether oxygens (including phenoxy) is 1. The molecular weight excluding hydrogens is 318 g/mol. The summed E-state index contributed by atoms with van der Waals surface area (Å²) in [5.41, 5.74) is 1.17. The fraction of sp³-hybridized carbons (Fsp3) is 0.579. The van der Waals surface area contributed by atoms with Crippen molar-refractivity contribution in [3.8, 4) is 0 Å². The maximum atomic E-state index is 12.4. The molecule has 0 saturated carbocycles. The van der Waals surface area contributed by atoms with E-state index in [0.29, 0.717) is 32.7 Å². The number of benzene rings is 1. The third-order valence-corrected chi connectivity index (χ3v) is 4.89. The third kappa shape index (κ3) is 5.19. The van der Waals surface area contributed by atoms with E-state index < -0.39 is 6.04 Å². The van der Waals surface area contributed by atoms with Crippen LogP contribution in [-0.2, 0) is 16.1 Å². The van der Waals surface area contributed by atoms with Crippen LogP contribution in [0.25, 0.3) is 0 Å². The molecule has 2 saturated heterocycles. The van der Waals surface area contributed by atoms with Crippen molar-refractivity contribution < 1.29 is 14.3 Å². The average Bonchev–Trinajstić information content (AvgIpc) is 2.86. The molecule has 0 radical (unpaired) electrons. The van der Waals surface area contributed by atoms with Crippen molar-refractivity contribution in [3.63, 3.8) is 0 Å². The molecule has 3 amide bonds. The third-order valence-electron chi connectivity index (χ3n) is 4.89. The highest BCUT2D eigenvalue weighted by Crippen LogP contribution is 2.16. The van der Waals surface area contributed by atoms with E-state index >= 15 is 0 Å². The Balaban J connectivity index is 1.40. The summed E-state index contributed by atoms with van der Waals surface area (Å²) < 4.78 is 5.96. The number of hydrogen-bond donors (Lipinski definition) is 2. The Hall–Kier alpha value is -2.08. The van der Waals surface area contributed by atoms with E-state index in [-0.39, 0.29) is 18.0 Å². The zero-order valence-electron chi connectivity index (χ0n) is 14.6. The van der Waals surface area contributed by atoms with E-state index in [9.17, 15) is 9.59 Å². The summed E-state index contributed by atoms with van der Waals surface area (Å²) in [6.45, 7) is 2.65. The SMILES string of the molecule is O=C1NCCCC[C@H]1NC(=O)N1CCC(OCc2ccccc2)CC1. The van der Waals surface area contributed by atoms with Gasteiger partial charge in [0.15, 0.2) is 0 Å². The first-order chi connectivity index (χ1) is 12.2. The van der Waals surface area contributed by atoms with Crippen molar-refractivity contribution in [1.82, 2.24) is 15.5 Å². The normalized spacial score (nSPS) is 22.2. The molecule has 0 aromatic heterocycles. The first-order valence-electron chi connectivity index (χ1n) is 9.21. The Bertz CT molecular complexity index is 571. The molecule has 2 aliphatic rings. The van der Waals surface area contributed by atoms with E-state index in [1.54, 1.807) is 4.90 Å². The number of hydrogen-bond acceptors (Lipinski definition) is 3. The van der Waals surface area contributed by atoms with Gasteiger partial charge in [0.25, 0.3) is 0 Å². The molecule has 1 aromatic rings. The van der Waals surface area contributed by atoms with Crippen molar-refractivity contribution in [1.29, 1.82) is 0 Å². The molecule has 136 valence electrons. The summed E-state index contributed by atoms with van der Waals surface area (Å²) in [5.74, 6) is -0.0630. The first kappa shape index (κ1) is 17.7. The van der Waals surface area contributed by atoms with E-state index in [2.05, 4.69) is 22.8 Å². The number of nitrogens with one attached hydrogen (secondary N) is 2. The van der Waals surface area contributed by atoms with Crippen LogP contribution in [0.2, 0.25) is 0 Å². The number of carbonyl (C=O) groups excluding carboxylic acids is 2. The van der Waals surface area contributed by atoms with Gasteiger partial charge in [-0.05, 0) is 37.7 Å². The summed E-state index contributed by atoms with van der Waals surface area (Å²) in [6.07, 6.45) is 4.49. The molecule has 2 N–H and O–H groups in total. The monoisotopic (exact) mass is 345 g/mol. The minimum absolute atomic E-state index is 0.0630. The molecule has 3 rings (SSSR count). The smallest absolute Gasteiger partial charge is 0.318 e. The lowest BCUT2D eigenvalue weighted by Crippen LogP contribution is -2.52. The first-order valence-corrected chi connectivity index (χ1v) is 9.21. The number of amides is 3. The van der Waals surface area contributed by atoms with E-state index in [0.717, 1.165) is 25.7 Å². The van der Waals surface area contributed by atoms with Gasteiger partial charge in [0, 0.05) is 19.6 Å².